The van der Waals surface area contributed by atoms with Gasteiger partial charge in [-0.15, -0.1) is 0 Å². The molecule has 1 unspecified atom stereocenters. The lowest BCUT2D eigenvalue weighted by Crippen LogP contribution is -2.29. The van der Waals surface area contributed by atoms with Crippen molar-refractivity contribution in [2.24, 2.45) is 0 Å². The molecule has 2 rings (SSSR count). The molecule has 0 radical (unpaired) electrons. The highest BCUT2D eigenvalue weighted by molar-refractivity contribution is 6.43. The minimum absolute atomic E-state index is 0.302. The van der Waals surface area contributed by atoms with Gasteiger partial charge in [-0.25, -0.2) is 0 Å². The number of amides is 2. The van der Waals surface area contributed by atoms with E-state index >= 15 is 0 Å². The number of anilines is 3. The van der Waals surface area contributed by atoms with Crippen molar-refractivity contribution in [2.45, 2.75) is 26.2 Å². The average molecular weight is 339 g/mol. The van der Waals surface area contributed by atoms with Gasteiger partial charge in [0, 0.05) is 31.2 Å². The molecule has 0 bridgehead atoms. The Morgan fingerprint density at radius 3 is 2.36 bits per heavy atom. The van der Waals surface area contributed by atoms with E-state index in [0.717, 1.165) is 17.7 Å². The van der Waals surface area contributed by atoms with Crippen LogP contribution in [0.3, 0.4) is 0 Å². The molecule has 1 atom stereocenters. The molecule has 0 spiro atoms. The molecule has 5 heteroatoms. The Morgan fingerprint density at radius 2 is 1.68 bits per heavy atom. The van der Waals surface area contributed by atoms with E-state index in [0.29, 0.717) is 17.3 Å². The van der Waals surface area contributed by atoms with Gasteiger partial charge in [0.2, 0.25) is 0 Å². The molecule has 0 saturated heterocycles. The predicted molar refractivity (Wildman–Crippen MR) is 103 cm³/mol. The maximum absolute atomic E-state index is 12.3. The molecule has 0 aliphatic rings. The number of hydrogen-bond donors (Lipinski definition) is 2. The molecule has 0 heterocycles. The van der Waals surface area contributed by atoms with E-state index in [4.69, 9.17) is 0 Å². The summed E-state index contributed by atoms with van der Waals surface area (Å²) in [7, 11) is 3.83. The monoisotopic (exact) mass is 339 g/mol. The minimum atomic E-state index is -0.685. The highest BCUT2D eigenvalue weighted by atomic mass is 16.2. The third-order valence-electron chi connectivity index (χ3n) is 4.18. The quantitative estimate of drug-likeness (QED) is 0.814. The summed E-state index contributed by atoms with van der Waals surface area (Å²) < 4.78 is 0. The van der Waals surface area contributed by atoms with E-state index in [9.17, 15) is 9.59 Å². The van der Waals surface area contributed by atoms with Crippen molar-refractivity contribution in [2.75, 3.05) is 29.6 Å². The van der Waals surface area contributed by atoms with Crippen LogP contribution >= 0.6 is 0 Å². The van der Waals surface area contributed by atoms with Gasteiger partial charge in [-0.05, 0) is 42.2 Å². The Hall–Kier alpha value is -2.82. The summed E-state index contributed by atoms with van der Waals surface area (Å²) in [5.41, 5.74) is 3.24. The average Bonchev–Trinajstić information content (AvgIpc) is 2.61. The fourth-order valence-corrected chi connectivity index (χ4v) is 2.49. The van der Waals surface area contributed by atoms with Crippen LogP contribution in [-0.4, -0.2) is 25.9 Å². The Morgan fingerprint density at radius 1 is 1.00 bits per heavy atom. The molecular formula is C20H25N3O2. The van der Waals surface area contributed by atoms with Crippen LogP contribution in [0.15, 0.2) is 48.5 Å². The van der Waals surface area contributed by atoms with Crippen molar-refractivity contribution < 1.29 is 9.59 Å². The van der Waals surface area contributed by atoms with Crippen LogP contribution in [0, 0.1) is 0 Å². The van der Waals surface area contributed by atoms with Gasteiger partial charge in [0.1, 0.15) is 0 Å². The summed E-state index contributed by atoms with van der Waals surface area (Å²) in [6.45, 7) is 4.19. The molecular weight excluding hydrogens is 314 g/mol. The van der Waals surface area contributed by atoms with Gasteiger partial charge in [-0.3, -0.25) is 9.59 Å². The van der Waals surface area contributed by atoms with Gasteiger partial charge in [0.25, 0.3) is 0 Å². The topological polar surface area (TPSA) is 61.4 Å². The standard InChI is InChI=1S/C20H25N3O2/c1-5-14(2)17-11-6-7-12-18(17)22-20(25)19(24)21-15-9-8-10-16(13-15)23(3)4/h6-14H,5H2,1-4H3,(H,21,24)(H,22,25). The number of nitrogens with one attached hydrogen (secondary N) is 2. The van der Waals surface area contributed by atoms with E-state index < -0.39 is 11.8 Å². The molecule has 0 aliphatic heterocycles. The molecule has 2 aromatic carbocycles. The Bertz CT molecular complexity index is 756. The fourth-order valence-electron chi connectivity index (χ4n) is 2.49. The molecule has 0 aromatic heterocycles. The number of carbonyl (C=O) groups is 2. The van der Waals surface area contributed by atoms with Gasteiger partial charge in [-0.2, -0.15) is 0 Å². The summed E-state index contributed by atoms with van der Waals surface area (Å²) in [5, 5.41) is 5.36. The first kappa shape index (κ1) is 18.5. The highest BCUT2D eigenvalue weighted by Gasteiger charge is 2.17. The van der Waals surface area contributed by atoms with Crippen LogP contribution in [0.4, 0.5) is 17.1 Å². The second-order valence-electron chi connectivity index (χ2n) is 6.25. The Kier molecular flexibility index (Phi) is 6.17. The minimum Gasteiger partial charge on any atom is -0.378 e. The third-order valence-corrected chi connectivity index (χ3v) is 4.18. The molecule has 2 amide bonds. The van der Waals surface area contributed by atoms with E-state index in [1.165, 1.54) is 0 Å². The van der Waals surface area contributed by atoms with Crippen LogP contribution in [0.2, 0.25) is 0 Å². The van der Waals surface area contributed by atoms with Gasteiger partial charge in [-0.1, -0.05) is 38.1 Å². The second-order valence-corrected chi connectivity index (χ2v) is 6.25. The number of nitrogens with zero attached hydrogens (tertiary/aromatic N) is 1. The summed E-state index contributed by atoms with van der Waals surface area (Å²) in [4.78, 5) is 26.4. The molecule has 25 heavy (non-hydrogen) atoms. The Labute approximate surface area is 149 Å². The lowest BCUT2D eigenvalue weighted by Gasteiger charge is -2.16. The maximum Gasteiger partial charge on any atom is 0.314 e. The fraction of sp³-hybridized carbons (Fsp3) is 0.300. The van der Waals surface area contributed by atoms with Crippen molar-refractivity contribution in [1.82, 2.24) is 0 Å². The number of hydrogen-bond acceptors (Lipinski definition) is 3. The predicted octanol–water partition coefficient (Wildman–Crippen LogP) is 3.84. The lowest BCUT2D eigenvalue weighted by molar-refractivity contribution is -0.133. The van der Waals surface area contributed by atoms with Crippen LogP contribution in [0.1, 0.15) is 31.7 Å². The van der Waals surface area contributed by atoms with Crippen molar-refractivity contribution in [3.63, 3.8) is 0 Å². The van der Waals surface area contributed by atoms with Crippen LogP contribution in [0.25, 0.3) is 0 Å². The van der Waals surface area contributed by atoms with Crippen molar-refractivity contribution in [1.29, 1.82) is 0 Å². The van der Waals surface area contributed by atoms with Crippen molar-refractivity contribution in [3.8, 4) is 0 Å². The lowest BCUT2D eigenvalue weighted by atomic mass is 9.97. The van der Waals surface area contributed by atoms with Gasteiger partial charge in [0.15, 0.2) is 0 Å². The Balaban J connectivity index is 2.09. The first-order valence-corrected chi connectivity index (χ1v) is 8.41. The number of para-hydroxylation sites is 1. The molecule has 0 saturated carbocycles. The molecule has 5 nitrogen and oxygen atoms in total. The van der Waals surface area contributed by atoms with E-state index in [2.05, 4.69) is 24.5 Å². The van der Waals surface area contributed by atoms with E-state index in [1.54, 1.807) is 6.07 Å². The van der Waals surface area contributed by atoms with Crippen LogP contribution < -0.4 is 15.5 Å². The van der Waals surface area contributed by atoms with Crippen molar-refractivity contribution in [3.05, 3.63) is 54.1 Å². The zero-order chi connectivity index (χ0) is 18.4. The van der Waals surface area contributed by atoms with Gasteiger partial charge in [0.05, 0.1) is 0 Å². The first-order valence-electron chi connectivity index (χ1n) is 8.41. The highest BCUT2D eigenvalue weighted by Crippen LogP contribution is 2.26. The molecule has 132 valence electrons. The maximum atomic E-state index is 12.3. The van der Waals surface area contributed by atoms with Crippen LogP contribution in [-0.2, 0) is 9.59 Å². The SMILES string of the molecule is CCC(C)c1ccccc1NC(=O)C(=O)Nc1cccc(N(C)C)c1. The summed E-state index contributed by atoms with van der Waals surface area (Å²) in [6.07, 6.45) is 0.955. The molecule has 2 N–H and O–H groups in total. The summed E-state index contributed by atoms with van der Waals surface area (Å²) >= 11 is 0. The zero-order valence-corrected chi connectivity index (χ0v) is 15.2. The zero-order valence-electron chi connectivity index (χ0n) is 15.2. The number of carbonyl (C=O) groups excluding carboxylic acids is 2. The smallest absolute Gasteiger partial charge is 0.314 e. The summed E-state index contributed by atoms with van der Waals surface area (Å²) in [6, 6.07) is 14.9. The van der Waals surface area contributed by atoms with Crippen LogP contribution in [0.5, 0.6) is 0 Å². The number of rotatable bonds is 5. The van der Waals surface area contributed by atoms with Gasteiger partial charge >= 0.3 is 11.8 Å². The van der Waals surface area contributed by atoms with E-state index in [-0.39, 0.29) is 0 Å². The normalized spacial score (nSPS) is 11.5. The molecule has 0 fully saturated rings. The second kappa shape index (κ2) is 8.33. The molecule has 0 aliphatic carbocycles. The third kappa shape index (κ3) is 4.83. The summed E-state index contributed by atoms with van der Waals surface area (Å²) in [5.74, 6) is -1.06. The van der Waals surface area contributed by atoms with E-state index in [1.807, 2.05) is 61.5 Å². The number of benzene rings is 2. The largest absolute Gasteiger partial charge is 0.378 e. The first-order chi connectivity index (χ1) is 11.9. The molecule has 2 aromatic rings. The van der Waals surface area contributed by atoms with Gasteiger partial charge < -0.3 is 15.5 Å². The van der Waals surface area contributed by atoms with Crippen molar-refractivity contribution >= 4 is 28.9 Å².